The van der Waals surface area contributed by atoms with Crippen molar-refractivity contribution in [3.8, 4) is 5.88 Å². The fraction of sp³-hybridized carbons (Fsp3) is 0.625. The average molecular weight is 326 g/mol. The van der Waals surface area contributed by atoms with Crippen LogP contribution in [0.2, 0.25) is 0 Å². The number of aryl methyl sites for hydroxylation is 1. The third-order valence-electron chi connectivity index (χ3n) is 3.10. The highest BCUT2D eigenvalue weighted by molar-refractivity contribution is 5.67. The topological polar surface area (TPSA) is 101 Å². The third-order valence-corrected chi connectivity index (χ3v) is 3.10. The second-order valence-electron chi connectivity index (χ2n) is 6.26. The molecule has 0 aromatic carbocycles. The number of alkyl carbamates (subject to hydrolysis) is 1. The van der Waals surface area contributed by atoms with Gasteiger partial charge in [0.2, 0.25) is 5.88 Å². The van der Waals surface area contributed by atoms with Crippen molar-refractivity contribution in [3.05, 3.63) is 23.4 Å². The van der Waals surface area contributed by atoms with Crippen molar-refractivity contribution in [2.75, 3.05) is 13.7 Å². The van der Waals surface area contributed by atoms with Gasteiger partial charge in [-0.1, -0.05) is 0 Å². The smallest absolute Gasteiger partial charge is 0.407 e. The van der Waals surface area contributed by atoms with Crippen LogP contribution < -0.4 is 10.1 Å². The fourth-order valence-electron chi connectivity index (χ4n) is 1.98. The zero-order chi connectivity index (χ0) is 17.6. The zero-order valence-corrected chi connectivity index (χ0v) is 14.3. The molecule has 1 aromatic heterocycles. The summed E-state index contributed by atoms with van der Waals surface area (Å²) in [4.78, 5) is 15.7. The van der Waals surface area contributed by atoms with Gasteiger partial charge in [0.05, 0.1) is 13.2 Å². The minimum absolute atomic E-state index is 0.186. The first kappa shape index (κ1) is 19.2. The van der Waals surface area contributed by atoms with Crippen molar-refractivity contribution in [1.82, 2.24) is 10.3 Å². The number of aliphatic hydroxyl groups is 2. The summed E-state index contributed by atoms with van der Waals surface area (Å²) in [6, 6.07) is 3.29. The van der Waals surface area contributed by atoms with Gasteiger partial charge in [-0.05, 0) is 40.2 Å². The van der Waals surface area contributed by atoms with Crippen molar-refractivity contribution in [1.29, 1.82) is 0 Å². The molecule has 0 fully saturated rings. The van der Waals surface area contributed by atoms with E-state index in [0.29, 0.717) is 17.1 Å². The number of rotatable bonds is 6. The molecule has 130 valence electrons. The SMILES string of the molecule is COc1ccc(C(O)C(O)CCNC(=O)OC(C)(C)C)c(C)n1. The van der Waals surface area contributed by atoms with Crippen molar-refractivity contribution < 1.29 is 24.5 Å². The molecule has 1 heterocycles. The Morgan fingerprint density at radius 3 is 2.52 bits per heavy atom. The van der Waals surface area contributed by atoms with Crippen LogP contribution in [0.15, 0.2) is 12.1 Å². The molecular weight excluding hydrogens is 300 g/mol. The van der Waals surface area contributed by atoms with Gasteiger partial charge in [0, 0.05) is 23.9 Å². The molecule has 0 saturated carbocycles. The van der Waals surface area contributed by atoms with Crippen molar-refractivity contribution in [3.63, 3.8) is 0 Å². The summed E-state index contributed by atoms with van der Waals surface area (Å²) in [6.07, 6.45) is -2.49. The number of ether oxygens (including phenoxy) is 2. The fourth-order valence-corrected chi connectivity index (χ4v) is 1.98. The number of nitrogens with zero attached hydrogens (tertiary/aromatic N) is 1. The Morgan fingerprint density at radius 2 is 2.00 bits per heavy atom. The number of methoxy groups -OCH3 is 1. The predicted molar refractivity (Wildman–Crippen MR) is 85.3 cm³/mol. The highest BCUT2D eigenvalue weighted by atomic mass is 16.6. The maximum atomic E-state index is 11.5. The van der Waals surface area contributed by atoms with Crippen LogP contribution in [-0.4, -0.2) is 46.6 Å². The first-order chi connectivity index (χ1) is 10.6. The van der Waals surface area contributed by atoms with E-state index in [-0.39, 0.29) is 13.0 Å². The van der Waals surface area contributed by atoms with Gasteiger partial charge in [0.1, 0.15) is 11.7 Å². The molecule has 0 aliphatic rings. The number of hydrogen-bond acceptors (Lipinski definition) is 6. The van der Waals surface area contributed by atoms with Crippen LogP contribution >= 0.6 is 0 Å². The number of hydrogen-bond donors (Lipinski definition) is 3. The van der Waals surface area contributed by atoms with Gasteiger partial charge in [-0.25, -0.2) is 9.78 Å². The molecule has 0 radical (unpaired) electrons. The minimum Gasteiger partial charge on any atom is -0.481 e. The third kappa shape index (κ3) is 6.42. The molecule has 0 saturated heterocycles. The Morgan fingerprint density at radius 1 is 1.35 bits per heavy atom. The summed E-state index contributed by atoms with van der Waals surface area (Å²) in [5, 5.41) is 22.8. The molecule has 1 rings (SSSR count). The number of nitrogens with one attached hydrogen (secondary N) is 1. The van der Waals surface area contributed by atoms with Crippen molar-refractivity contribution >= 4 is 6.09 Å². The molecule has 7 nitrogen and oxygen atoms in total. The maximum absolute atomic E-state index is 11.5. The predicted octanol–water partition coefficient (Wildman–Crippen LogP) is 1.71. The standard InChI is InChI=1S/C16H26N2O5/c1-10-11(6-7-13(18-10)22-5)14(20)12(19)8-9-17-15(21)23-16(2,3)4/h6-7,12,14,19-20H,8-9H2,1-5H3,(H,17,21). The number of aliphatic hydroxyl groups excluding tert-OH is 2. The second kappa shape index (κ2) is 8.12. The van der Waals surface area contributed by atoms with Crippen LogP contribution in [0, 0.1) is 6.92 Å². The maximum Gasteiger partial charge on any atom is 0.407 e. The summed E-state index contributed by atoms with van der Waals surface area (Å²) in [6.45, 7) is 7.22. The Balaban J connectivity index is 2.51. The summed E-state index contributed by atoms with van der Waals surface area (Å²) >= 11 is 0. The Labute approximate surface area is 136 Å². The van der Waals surface area contributed by atoms with Gasteiger partial charge in [-0.3, -0.25) is 0 Å². The van der Waals surface area contributed by atoms with E-state index in [2.05, 4.69) is 10.3 Å². The number of amides is 1. The van der Waals surface area contributed by atoms with Crippen LogP contribution in [0.4, 0.5) is 4.79 Å². The van der Waals surface area contributed by atoms with Crippen LogP contribution in [0.25, 0.3) is 0 Å². The largest absolute Gasteiger partial charge is 0.481 e. The van der Waals surface area contributed by atoms with Gasteiger partial charge in [0.25, 0.3) is 0 Å². The highest BCUT2D eigenvalue weighted by Gasteiger charge is 2.22. The lowest BCUT2D eigenvalue weighted by Gasteiger charge is -2.22. The zero-order valence-electron chi connectivity index (χ0n) is 14.3. The lowest BCUT2D eigenvalue weighted by molar-refractivity contribution is 0.0117. The quantitative estimate of drug-likeness (QED) is 0.736. The lowest BCUT2D eigenvalue weighted by Crippen LogP contribution is -2.34. The number of carbonyl (C=O) groups is 1. The molecule has 0 spiro atoms. The van der Waals surface area contributed by atoms with E-state index >= 15 is 0 Å². The number of carbonyl (C=O) groups excluding carboxylic acids is 1. The number of aromatic nitrogens is 1. The van der Waals surface area contributed by atoms with Crippen LogP contribution in [0.1, 0.15) is 44.6 Å². The Bertz CT molecular complexity index is 528. The second-order valence-corrected chi connectivity index (χ2v) is 6.26. The van der Waals surface area contributed by atoms with Gasteiger partial charge < -0.3 is 25.0 Å². The first-order valence-electron chi connectivity index (χ1n) is 7.48. The van der Waals surface area contributed by atoms with Gasteiger partial charge in [-0.15, -0.1) is 0 Å². The molecule has 1 amide bonds. The van der Waals surface area contributed by atoms with E-state index in [9.17, 15) is 15.0 Å². The molecule has 1 aromatic rings. The molecule has 23 heavy (non-hydrogen) atoms. The van der Waals surface area contributed by atoms with Crippen LogP contribution in [0.5, 0.6) is 5.88 Å². The van der Waals surface area contributed by atoms with E-state index < -0.39 is 23.9 Å². The molecule has 2 unspecified atom stereocenters. The molecular formula is C16H26N2O5. The summed E-state index contributed by atoms with van der Waals surface area (Å²) in [5.74, 6) is 0.444. The van der Waals surface area contributed by atoms with Gasteiger partial charge in [-0.2, -0.15) is 0 Å². The summed E-state index contributed by atoms with van der Waals surface area (Å²) in [5.41, 5.74) is 0.528. The number of pyridine rings is 1. The van der Waals surface area contributed by atoms with Gasteiger partial charge >= 0.3 is 6.09 Å². The minimum atomic E-state index is -1.09. The first-order valence-corrected chi connectivity index (χ1v) is 7.48. The van der Waals surface area contributed by atoms with Crippen molar-refractivity contribution in [2.45, 2.75) is 51.9 Å². The van der Waals surface area contributed by atoms with E-state index in [1.54, 1.807) is 39.8 Å². The molecule has 7 heteroatoms. The highest BCUT2D eigenvalue weighted by Crippen LogP contribution is 2.23. The molecule has 0 bridgehead atoms. The lowest BCUT2D eigenvalue weighted by atomic mass is 10.0. The molecule has 3 N–H and O–H groups in total. The van der Waals surface area contributed by atoms with Gasteiger partial charge in [0.15, 0.2) is 0 Å². The van der Waals surface area contributed by atoms with E-state index in [0.717, 1.165) is 0 Å². The molecule has 0 aliphatic carbocycles. The summed E-state index contributed by atoms with van der Waals surface area (Å²) in [7, 11) is 1.51. The normalized spacial score (nSPS) is 14.0. The monoisotopic (exact) mass is 326 g/mol. The van der Waals surface area contributed by atoms with E-state index in [4.69, 9.17) is 9.47 Å². The molecule has 0 aliphatic heterocycles. The van der Waals surface area contributed by atoms with Crippen molar-refractivity contribution in [2.24, 2.45) is 0 Å². The van der Waals surface area contributed by atoms with E-state index in [1.807, 2.05) is 0 Å². The van der Waals surface area contributed by atoms with Crippen LogP contribution in [0.3, 0.4) is 0 Å². The Hall–Kier alpha value is -1.86. The summed E-state index contributed by atoms with van der Waals surface area (Å²) < 4.78 is 10.1. The molecule has 2 atom stereocenters. The van der Waals surface area contributed by atoms with Crippen LogP contribution in [-0.2, 0) is 4.74 Å². The Kier molecular flexibility index (Phi) is 6.78. The average Bonchev–Trinajstić information content (AvgIpc) is 2.44. The van der Waals surface area contributed by atoms with E-state index in [1.165, 1.54) is 7.11 Å².